The third-order valence-corrected chi connectivity index (χ3v) is 2.93. The van der Waals surface area contributed by atoms with Crippen LogP contribution in [0.4, 0.5) is 4.79 Å². The van der Waals surface area contributed by atoms with Crippen LogP contribution in [-0.2, 0) is 11.3 Å². The number of methoxy groups -OCH3 is 1. The van der Waals surface area contributed by atoms with Gasteiger partial charge in [0.25, 0.3) is 0 Å². The van der Waals surface area contributed by atoms with Gasteiger partial charge < -0.3 is 9.64 Å². The second kappa shape index (κ2) is 7.71. The largest absolute Gasteiger partial charge is 0.453 e. The number of rotatable bonds is 6. The average molecular weight is 250 g/mol. The maximum Gasteiger partial charge on any atom is 0.409 e. The highest BCUT2D eigenvalue weighted by Gasteiger charge is 2.10. The molecule has 0 bridgehead atoms. The molecule has 0 radical (unpaired) electrons. The Balaban J connectivity index is 2.41. The van der Waals surface area contributed by atoms with Crippen molar-refractivity contribution in [2.45, 2.75) is 13.5 Å². The van der Waals surface area contributed by atoms with Gasteiger partial charge in [0.2, 0.25) is 0 Å². The molecule has 0 aliphatic carbocycles. The quantitative estimate of drug-likeness (QED) is 0.776. The molecule has 1 amide bonds. The van der Waals surface area contributed by atoms with E-state index in [2.05, 4.69) is 28.7 Å². The van der Waals surface area contributed by atoms with Crippen molar-refractivity contribution in [1.82, 2.24) is 9.80 Å². The van der Waals surface area contributed by atoms with Crippen LogP contribution >= 0.6 is 0 Å². The summed E-state index contributed by atoms with van der Waals surface area (Å²) in [7, 11) is 3.16. The molecule has 1 aromatic carbocycles. The number of ether oxygens (including phenoxy) is 1. The lowest BCUT2D eigenvalue weighted by atomic mass is 10.2. The van der Waals surface area contributed by atoms with Crippen LogP contribution in [0, 0.1) is 0 Å². The summed E-state index contributed by atoms with van der Waals surface area (Å²) < 4.78 is 4.66. The molecule has 4 heteroatoms. The molecule has 18 heavy (non-hydrogen) atoms. The maximum atomic E-state index is 11.3. The maximum absolute atomic E-state index is 11.3. The topological polar surface area (TPSA) is 32.8 Å². The summed E-state index contributed by atoms with van der Waals surface area (Å²) in [4.78, 5) is 15.1. The van der Waals surface area contributed by atoms with E-state index in [0.29, 0.717) is 6.54 Å². The summed E-state index contributed by atoms with van der Waals surface area (Å²) in [6, 6.07) is 10.3. The van der Waals surface area contributed by atoms with Gasteiger partial charge in [0, 0.05) is 26.7 Å². The van der Waals surface area contributed by atoms with Crippen molar-refractivity contribution in [2.75, 3.05) is 33.8 Å². The number of hydrogen-bond acceptors (Lipinski definition) is 3. The first-order chi connectivity index (χ1) is 8.67. The van der Waals surface area contributed by atoms with Crippen LogP contribution in [0.3, 0.4) is 0 Å². The zero-order valence-corrected chi connectivity index (χ0v) is 11.4. The van der Waals surface area contributed by atoms with E-state index < -0.39 is 0 Å². The van der Waals surface area contributed by atoms with Gasteiger partial charge in [-0.15, -0.1) is 0 Å². The molecule has 0 spiro atoms. The number of nitrogens with zero attached hydrogens (tertiary/aromatic N) is 2. The zero-order chi connectivity index (χ0) is 13.4. The molecule has 0 saturated heterocycles. The monoisotopic (exact) mass is 250 g/mol. The molecule has 1 aromatic rings. The van der Waals surface area contributed by atoms with Crippen molar-refractivity contribution in [3.63, 3.8) is 0 Å². The van der Waals surface area contributed by atoms with Crippen LogP contribution in [0.15, 0.2) is 30.3 Å². The Kier molecular flexibility index (Phi) is 6.22. The number of amides is 1. The van der Waals surface area contributed by atoms with Gasteiger partial charge in [-0.2, -0.15) is 0 Å². The first kappa shape index (κ1) is 14.5. The van der Waals surface area contributed by atoms with Gasteiger partial charge in [0.1, 0.15) is 0 Å². The standard InChI is InChI=1S/C14H22N2O2/c1-4-16(11-10-15(2)14(17)18-3)12-13-8-6-5-7-9-13/h5-9H,4,10-12H2,1-3H3. The van der Waals surface area contributed by atoms with Crippen molar-refractivity contribution >= 4 is 6.09 Å². The lowest BCUT2D eigenvalue weighted by Gasteiger charge is -2.23. The fraction of sp³-hybridized carbons (Fsp3) is 0.500. The van der Waals surface area contributed by atoms with Gasteiger partial charge in [-0.05, 0) is 12.1 Å². The molecule has 0 aliphatic heterocycles. The summed E-state index contributed by atoms with van der Waals surface area (Å²) in [6.45, 7) is 5.52. The summed E-state index contributed by atoms with van der Waals surface area (Å²) in [5.74, 6) is 0. The summed E-state index contributed by atoms with van der Waals surface area (Å²) in [5, 5.41) is 0. The van der Waals surface area contributed by atoms with Crippen molar-refractivity contribution in [1.29, 1.82) is 0 Å². The number of carbonyl (C=O) groups excluding carboxylic acids is 1. The molecule has 0 unspecified atom stereocenters. The normalized spacial score (nSPS) is 10.4. The summed E-state index contributed by atoms with van der Waals surface area (Å²) in [6.07, 6.45) is -0.286. The fourth-order valence-electron chi connectivity index (χ4n) is 1.73. The van der Waals surface area contributed by atoms with Crippen LogP contribution < -0.4 is 0 Å². The Hall–Kier alpha value is -1.55. The Morgan fingerprint density at radius 1 is 1.22 bits per heavy atom. The first-order valence-corrected chi connectivity index (χ1v) is 6.22. The molecular weight excluding hydrogens is 228 g/mol. The predicted octanol–water partition coefficient (Wildman–Crippen LogP) is 2.21. The van der Waals surface area contributed by atoms with E-state index in [1.54, 1.807) is 11.9 Å². The Morgan fingerprint density at radius 2 is 1.89 bits per heavy atom. The molecule has 100 valence electrons. The average Bonchev–Trinajstić information content (AvgIpc) is 2.43. The number of benzene rings is 1. The van der Waals surface area contributed by atoms with Gasteiger partial charge in [0.05, 0.1) is 7.11 Å². The molecule has 0 aliphatic rings. The van der Waals surface area contributed by atoms with Gasteiger partial charge >= 0.3 is 6.09 Å². The number of hydrogen-bond donors (Lipinski definition) is 0. The Labute approximate surface area is 109 Å². The van der Waals surface area contributed by atoms with Crippen LogP contribution in [-0.4, -0.2) is 49.7 Å². The molecule has 4 nitrogen and oxygen atoms in total. The predicted molar refractivity (Wildman–Crippen MR) is 72.4 cm³/mol. The second-order valence-corrected chi connectivity index (χ2v) is 4.25. The Bertz CT molecular complexity index is 354. The van der Waals surface area contributed by atoms with E-state index in [1.807, 2.05) is 18.2 Å². The minimum Gasteiger partial charge on any atom is -0.453 e. The second-order valence-electron chi connectivity index (χ2n) is 4.25. The van der Waals surface area contributed by atoms with Crippen molar-refractivity contribution in [3.05, 3.63) is 35.9 Å². The molecule has 0 fully saturated rings. The molecule has 0 saturated carbocycles. The molecule has 0 aromatic heterocycles. The van der Waals surface area contributed by atoms with E-state index in [-0.39, 0.29) is 6.09 Å². The minimum atomic E-state index is -0.286. The lowest BCUT2D eigenvalue weighted by molar-refractivity contribution is 0.127. The molecule has 1 rings (SSSR count). The molecular formula is C14H22N2O2. The van der Waals surface area contributed by atoms with E-state index in [0.717, 1.165) is 19.6 Å². The molecule has 0 heterocycles. The third-order valence-electron chi connectivity index (χ3n) is 2.93. The van der Waals surface area contributed by atoms with Crippen molar-refractivity contribution in [2.24, 2.45) is 0 Å². The smallest absolute Gasteiger partial charge is 0.409 e. The highest BCUT2D eigenvalue weighted by atomic mass is 16.5. The zero-order valence-electron chi connectivity index (χ0n) is 11.4. The fourth-order valence-corrected chi connectivity index (χ4v) is 1.73. The van der Waals surface area contributed by atoms with Crippen LogP contribution in [0.2, 0.25) is 0 Å². The lowest BCUT2D eigenvalue weighted by Crippen LogP contribution is -2.36. The number of carbonyl (C=O) groups is 1. The minimum absolute atomic E-state index is 0.286. The molecule has 0 atom stereocenters. The van der Waals surface area contributed by atoms with E-state index in [4.69, 9.17) is 0 Å². The van der Waals surface area contributed by atoms with E-state index in [1.165, 1.54) is 12.7 Å². The van der Waals surface area contributed by atoms with E-state index >= 15 is 0 Å². The third kappa shape index (κ3) is 4.75. The summed E-state index contributed by atoms with van der Waals surface area (Å²) >= 11 is 0. The van der Waals surface area contributed by atoms with Gasteiger partial charge in [-0.1, -0.05) is 37.3 Å². The van der Waals surface area contributed by atoms with Crippen molar-refractivity contribution in [3.8, 4) is 0 Å². The van der Waals surface area contributed by atoms with Crippen molar-refractivity contribution < 1.29 is 9.53 Å². The van der Waals surface area contributed by atoms with Gasteiger partial charge in [0.15, 0.2) is 0 Å². The molecule has 0 N–H and O–H groups in total. The van der Waals surface area contributed by atoms with Crippen LogP contribution in [0.5, 0.6) is 0 Å². The Morgan fingerprint density at radius 3 is 2.44 bits per heavy atom. The van der Waals surface area contributed by atoms with Crippen LogP contribution in [0.25, 0.3) is 0 Å². The first-order valence-electron chi connectivity index (χ1n) is 6.22. The van der Waals surface area contributed by atoms with E-state index in [9.17, 15) is 4.79 Å². The van der Waals surface area contributed by atoms with Crippen LogP contribution in [0.1, 0.15) is 12.5 Å². The number of likely N-dealkylation sites (N-methyl/N-ethyl adjacent to an activating group) is 2. The highest BCUT2D eigenvalue weighted by Crippen LogP contribution is 2.04. The van der Waals surface area contributed by atoms with Gasteiger partial charge in [-0.25, -0.2) is 4.79 Å². The highest BCUT2D eigenvalue weighted by molar-refractivity contribution is 5.66. The summed E-state index contributed by atoms with van der Waals surface area (Å²) in [5.41, 5.74) is 1.29. The SMILES string of the molecule is CCN(CCN(C)C(=O)OC)Cc1ccccc1. The van der Waals surface area contributed by atoms with Gasteiger partial charge in [-0.3, -0.25) is 4.90 Å².